The first-order valence-corrected chi connectivity index (χ1v) is 5.25. The van der Waals surface area contributed by atoms with Gasteiger partial charge in [-0.25, -0.2) is 4.98 Å². The van der Waals surface area contributed by atoms with Crippen LogP contribution >= 0.6 is 0 Å². The molecule has 0 fully saturated rings. The zero-order valence-electron chi connectivity index (χ0n) is 9.45. The maximum Gasteiger partial charge on any atom is 0.153 e. The standard InChI is InChI=1S/C12H15N3O/c1-3-16-11-9(5-4-6-10(11)13)12-14-7-8(2)15-12/h4-7H,3,13H2,1-2H3,(H,14,15). The smallest absolute Gasteiger partial charge is 0.153 e. The number of aromatic amines is 1. The highest BCUT2D eigenvalue weighted by molar-refractivity contribution is 5.73. The molecule has 0 saturated heterocycles. The van der Waals surface area contributed by atoms with Crippen LogP contribution in [-0.2, 0) is 0 Å². The van der Waals surface area contributed by atoms with Gasteiger partial charge in [0.05, 0.1) is 17.9 Å². The predicted octanol–water partition coefficient (Wildman–Crippen LogP) is 2.37. The average molecular weight is 217 g/mol. The van der Waals surface area contributed by atoms with E-state index in [1.165, 1.54) is 0 Å². The number of nitrogens with two attached hydrogens (primary N) is 1. The lowest BCUT2D eigenvalue weighted by Gasteiger charge is -2.10. The molecule has 84 valence electrons. The molecule has 0 aliphatic rings. The molecule has 3 N–H and O–H groups in total. The second-order valence-electron chi connectivity index (χ2n) is 3.57. The van der Waals surface area contributed by atoms with Crippen molar-refractivity contribution in [3.63, 3.8) is 0 Å². The van der Waals surface area contributed by atoms with E-state index >= 15 is 0 Å². The Hall–Kier alpha value is -1.97. The minimum Gasteiger partial charge on any atom is -0.491 e. The summed E-state index contributed by atoms with van der Waals surface area (Å²) in [6.45, 7) is 4.48. The molecule has 4 nitrogen and oxygen atoms in total. The number of imidazole rings is 1. The molecule has 2 aromatic rings. The fraction of sp³-hybridized carbons (Fsp3) is 0.250. The Morgan fingerprint density at radius 2 is 2.25 bits per heavy atom. The van der Waals surface area contributed by atoms with Gasteiger partial charge >= 0.3 is 0 Å². The van der Waals surface area contributed by atoms with Gasteiger partial charge in [-0.15, -0.1) is 0 Å². The van der Waals surface area contributed by atoms with Crippen LogP contribution in [0.4, 0.5) is 5.69 Å². The SMILES string of the molecule is CCOc1c(N)cccc1-c1ncc(C)[nH]1. The number of nitrogens with zero attached hydrogens (tertiary/aromatic N) is 1. The van der Waals surface area contributed by atoms with Crippen molar-refractivity contribution in [1.29, 1.82) is 0 Å². The van der Waals surface area contributed by atoms with Crippen LogP contribution in [0.5, 0.6) is 5.75 Å². The highest BCUT2D eigenvalue weighted by Crippen LogP contribution is 2.33. The molecular formula is C12H15N3O. The van der Waals surface area contributed by atoms with Crippen molar-refractivity contribution in [2.45, 2.75) is 13.8 Å². The van der Waals surface area contributed by atoms with Gasteiger partial charge in [0, 0.05) is 11.9 Å². The van der Waals surface area contributed by atoms with Crippen molar-refractivity contribution in [2.24, 2.45) is 0 Å². The van der Waals surface area contributed by atoms with E-state index < -0.39 is 0 Å². The summed E-state index contributed by atoms with van der Waals surface area (Å²) in [6, 6.07) is 5.66. The molecule has 0 spiro atoms. The number of aryl methyl sites for hydroxylation is 1. The summed E-state index contributed by atoms with van der Waals surface area (Å²) in [5, 5.41) is 0. The first kappa shape index (κ1) is 10.5. The number of ether oxygens (including phenoxy) is 1. The number of nitrogen functional groups attached to an aromatic ring is 1. The third kappa shape index (κ3) is 1.86. The number of rotatable bonds is 3. The summed E-state index contributed by atoms with van der Waals surface area (Å²) >= 11 is 0. The number of para-hydroxylation sites is 1. The summed E-state index contributed by atoms with van der Waals surface area (Å²) < 4.78 is 5.55. The Morgan fingerprint density at radius 1 is 1.44 bits per heavy atom. The van der Waals surface area contributed by atoms with Crippen LogP contribution < -0.4 is 10.5 Å². The van der Waals surface area contributed by atoms with Crippen LogP contribution in [0, 0.1) is 6.92 Å². The first-order chi connectivity index (χ1) is 7.72. The second kappa shape index (κ2) is 4.26. The minimum atomic E-state index is 0.584. The summed E-state index contributed by atoms with van der Waals surface area (Å²) in [5.74, 6) is 1.48. The summed E-state index contributed by atoms with van der Waals surface area (Å²) in [7, 11) is 0. The normalized spacial score (nSPS) is 10.4. The van der Waals surface area contributed by atoms with Crippen molar-refractivity contribution in [2.75, 3.05) is 12.3 Å². The van der Waals surface area contributed by atoms with Gasteiger partial charge in [0.2, 0.25) is 0 Å². The minimum absolute atomic E-state index is 0.584. The van der Waals surface area contributed by atoms with Crippen LogP contribution in [-0.4, -0.2) is 16.6 Å². The molecule has 0 radical (unpaired) electrons. The molecular weight excluding hydrogens is 202 g/mol. The van der Waals surface area contributed by atoms with Gasteiger partial charge in [0.1, 0.15) is 5.82 Å². The number of aromatic nitrogens is 2. The van der Waals surface area contributed by atoms with E-state index in [2.05, 4.69) is 9.97 Å². The molecule has 0 bridgehead atoms. The molecule has 0 saturated carbocycles. The van der Waals surface area contributed by atoms with Crippen molar-refractivity contribution >= 4 is 5.69 Å². The molecule has 0 atom stereocenters. The largest absolute Gasteiger partial charge is 0.491 e. The maximum absolute atomic E-state index is 5.88. The van der Waals surface area contributed by atoms with E-state index in [9.17, 15) is 0 Å². The molecule has 1 aromatic carbocycles. The predicted molar refractivity (Wildman–Crippen MR) is 64.3 cm³/mol. The molecule has 2 rings (SSSR count). The number of anilines is 1. The molecule has 0 aliphatic carbocycles. The zero-order valence-corrected chi connectivity index (χ0v) is 9.45. The second-order valence-corrected chi connectivity index (χ2v) is 3.57. The van der Waals surface area contributed by atoms with Crippen LogP contribution in [0.15, 0.2) is 24.4 Å². The van der Waals surface area contributed by atoms with E-state index in [-0.39, 0.29) is 0 Å². The average Bonchev–Trinajstić information content (AvgIpc) is 2.68. The van der Waals surface area contributed by atoms with Crippen LogP contribution in [0.1, 0.15) is 12.6 Å². The van der Waals surface area contributed by atoms with E-state index in [1.54, 1.807) is 6.20 Å². The van der Waals surface area contributed by atoms with Gasteiger partial charge in [0.15, 0.2) is 5.75 Å². The highest BCUT2D eigenvalue weighted by Gasteiger charge is 2.11. The molecule has 16 heavy (non-hydrogen) atoms. The number of benzene rings is 1. The van der Waals surface area contributed by atoms with E-state index in [0.29, 0.717) is 18.0 Å². The van der Waals surface area contributed by atoms with Gasteiger partial charge in [0.25, 0.3) is 0 Å². The Labute approximate surface area is 94.5 Å². The number of H-pyrrole nitrogens is 1. The number of hydrogen-bond acceptors (Lipinski definition) is 3. The summed E-state index contributed by atoms with van der Waals surface area (Å²) in [4.78, 5) is 7.45. The third-order valence-electron chi connectivity index (χ3n) is 2.29. The molecule has 0 unspecified atom stereocenters. The topological polar surface area (TPSA) is 63.9 Å². The van der Waals surface area contributed by atoms with E-state index in [4.69, 9.17) is 10.5 Å². The fourth-order valence-electron chi connectivity index (χ4n) is 1.60. The monoisotopic (exact) mass is 217 g/mol. The summed E-state index contributed by atoms with van der Waals surface area (Å²) in [6.07, 6.45) is 1.79. The Kier molecular flexibility index (Phi) is 2.81. The Bertz CT molecular complexity index is 491. The quantitative estimate of drug-likeness (QED) is 0.776. The molecule has 0 aliphatic heterocycles. The molecule has 1 aromatic heterocycles. The number of nitrogens with one attached hydrogen (secondary N) is 1. The number of hydrogen-bond donors (Lipinski definition) is 2. The molecule has 4 heteroatoms. The zero-order chi connectivity index (χ0) is 11.5. The molecule has 0 amide bonds. The van der Waals surface area contributed by atoms with Gasteiger partial charge < -0.3 is 15.5 Å². The van der Waals surface area contributed by atoms with Gasteiger partial charge in [-0.3, -0.25) is 0 Å². The lowest BCUT2D eigenvalue weighted by Crippen LogP contribution is -1.99. The van der Waals surface area contributed by atoms with Gasteiger partial charge in [-0.1, -0.05) is 6.07 Å². The Balaban J connectivity index is 2.51. The van der Waals surface area contributed by atoms with Crippen LogP contribution in [0.2, 0.25) is 0 Å². The Morgan fingerprint density at radius 3 is 2.88 bits per heavy atom. The highest BCUT2D eigenvalue weighted by atomic mass is 16.5. The third-order valence-corrected chi connectivity index (χ3v) is 2.29. The lowest BCUT2D eigenvalue weighted by molar-refractivity contribution is 0.343. The first-order valence-electron chi connectivity index (χ1n) is 5.25. The summed E-state index contributed by atoms with van der Waals surface area (Å²) in [5.41, 5.74) is 8.43. The fourth-order valence-corrected chi connectivity index (χ4v) is 1.60. The molecule has 1 heterocycles. The van der Waals surface area contributed by atoms with Gasteiger partial charge in [-0.2, -0.15) is 0 Å². The van der Waals surface area contributed by atoms with Crippen molar-refractivity contribution in [3.8, 4) is 17.1 Å². The van der Waals surface area contributed by atoms with Gasteiger partial charge in [-0.05, 0) is 26.0 Å². The van der Waals surface area contributed by atoms with Crippen LogP contribution in [0.25, 0.3) is 11.4 Å². The van der Waals surface area contributed by atoms with Crippen LogP contribution in [0.3, 0.4) is 0 Å². The lowest BCUT2D eigenvalue weighted by atomic mass is 10.1. The maximum atomic E-state index is 5.88. The van der Waals surface area contributed by atoms with E-state index in [0.717, 1.165) is 17.1 Å². The van der Waals surface area contributed by atoms with Crippen molar-refractivity contribution in [3.05, 3.63) is 30.1 Å². The van der Waals surface area contributed by atoms with E-state index in [1.807, 2.05) is 32.0 Å². The van der Waals surface area contributed by atoms with Crippen molar-refractivity contribution < 1.29 is 4.74 Å². The van der Waals surface area contributed by atoms with Crippen molar-refractivity contribution in [1.82, 2.24) is 9.97 Å².